The fourth-order valence-electron chi connectivity index (χ4n) is 2.47. The molecule has 3 rings (SSSR count). The van der Waals surface area contributed by atoms with Gasteiger partial charge in [-0.05, 0) is 0 Å². The maximum atomic E-state index is 11.0. The van der Waals surface area contributed by atoms with Crippen molar-refractivity contribution in [3.63, 3.8) is 0 Å². The molecule has 3 heterocycles. The van der Waals surface area contributed by atoms with Crippen molar-refractivity contribution in [2.45, 2.75) is 24.9 Å². The molecular weight excluding hydrogens is 364 g/mol. The Hall–Kier alpha value is -1.65. The highest BCUT2D eigenvalue weighted by Crippen LogP contribution is 2.37. The average molecular weight is 377 g/mol. The van der Waals surface area contributed by atoms with Gasteiger partial charge in [0.15, 0.2) is 11.5 Å². The minimum absolute atomic E-state index is 0.188. The molecule has 0 bridgehead atoms. The molecule has 2 aromatic heterocycles. The number of hydrogen-bond donors (Lipinski definition) is 3. The lowest BCUT2D eigenvalue weighted by atomic mass is 10.2. The summed E-state index contributed by atoms with van der Waals surface area (Å²) in [5.74, 6) is 0.208. The van der Waals surface area contributed by atoms with Crippen LogP contribution in [0, 0.1) is 0 Å². The Morgan fingerprint density at radius 2 is 2.12 bits per heavy atom. The van der Waals surface area contributed by atoms with E-state index in [4.69, 9.17) is 24.8 Å². The van der Waals surface area contributed by atoms with Crippen LogP contribution in [0.25, 0.3) is 11.2 Å². The first-order chi connectivity index (χ1) is 11.5. The van der Waals surface area contributed by atoms with Crippen LogP contribution in [-0.4, -0.2) is 48.1 Å². The van der Waals surface area contributed by atoms with Gasteiger partial charge in [-0.25, -0.2) is 15.0 Å². The quantitative estimate of drug-likeness (QED) is 0.595. The maximum Gasteiger partial charge on any atom is 0.695 e. The molecule has 0 aromatic carbocycles. The number of nitrogens with zero attached hydrogens (tertiary/aromatic N) is 4. The van der Waals surface area contributed by atoms with Crippen LogP contribution in [0.2, 0.25) is 0 Å². The minimum atomic E-state index is -2.87. The molecule has 1 aliphatic rings. The molecule has 128 valence electrons. The summed E-state index contributed by atoms with van der Waals surface area (Å²) in [5, 5.41) is 0. The Labute approximate surface area is 136 Å². The van der Waals surface area contributed by atoms with Gasteiger partial charge in [0, 0.05) is 15.6 Å². The Bertz CT molecular complexity index is 786. The minimum Gasteiger partial charge on any atom is -0.382 e. The number of fused-ring (bicyclic) bond motifs is 1. The number of anilines is 1. The van der Waals surface area contributed by atoms with Crippen molar-refractivity contribution in [1.82, 2.24) is 19.5 Å². The number of nitrogen functional groups attached to an aromatic ring is 1. The van der Waals surface area contributed by atoms with Crippen molar-refractivity contribution in [3.8, 4) is 0 Å². The summed E-state index contributed by atoms with van der Waals surface area (Å²) < 4.78 is 38.5. The van der Waals surface area contributed by atoms with E-state index in [1.54, 1.807) is 4.57 Å². The average Bonchev–Trinajstić information content (AvgIpc) is 3.09. The van der Waals surface area contributed by atoms with Crippen molar-refractivity contribution in [2.75, 3.05) is 12.3 Å². The third kappa shape index (κ3) is 3.55. The van der Waals surface area contributed by atoms with Crippen molar-refractivity contribution in [3.05, 3.63) is 12.7 Å². The second kappa shape index (κ2) is 7.08. The fourth-order valence-corrected chi connectivity index (χ4v) is 3.19. The zero-order valence-corrected chi connectivity index (χ0v) is 13.8. The van der Waals surface area contributed by atoms with Gasteiger partial charge in [-0.3, -0.25) is 4.57 Å². The highest BCUT2D eigenvalue weighted by molar-refractivity contribution is 7.32. The Kier molecular flexibility index (Phi) is 5.07. The van der Waals surface area contributed by atoms with Crippen molar-refractivity contribution in [2.24, 2.45) is 0 Å². The second-order valence-corrected chi connectivity index (χ2v) is 6.28. The topological polar surface area (TPSA) is 172 Å². The Morgan fingerprint density at radius 3 is 2.83 bits per heavy atom. The normalized spacial score (nSPS) is 25.2. The van der Waals surface area contributed by atoms with Crippen molar-refractivity contribution < 1.29 is 32.7 Å². The predicted molar refractivity (Wildman–Crippen MR) is 78.7 cm³/mol. The highest BCUT2D eigenvalue weighted by atomic mass is 31.1. The Balaban J connectivity index is 1.84. The first-order valence-corrected chi connectivity index (χ1v) is 8.92. The molecule has 0 spiro atoms. The Morgan fingerprint density at radius 1 is 1.33 bits per heavy atom. The molecule has 0 amide bonds. The number of nitrogens with two attached hydrogens (primary N) is 1. The van der Waals surface area contributed by atoms with E-state index in [1.807, 2.05) is 0 Å². The van der Waals surface area contributed by atoms with Crippen LogP contribution in [0.15, 0.2) is 12.7 Å². The van der Waals surface area contributed by atoms with Gasteiger partial charge in [0.05, 0.1) is 6.33 Å². The van der Waals surface area contributed by atoms with Crippen LogP contribution in [0.5, 0.6) is 0 Å². The molecule has 14 heteroatoms. The largest absolute Gasteiger partial charge is 0.695 e. The van der Waals surface area contributed by atoms with Gasteiger partial charge in [-0.1, -0.05) is 0 Å². The summed E-state index contributed by atoms with van der Waals surface area (Å²) in [6.07, 6.45) is 0.660. The SMILES string of the molecule is Nc1ncnc2c1ncn2[C@H]1CC(O[P+](=O)O)[C@@H](CO[P+](=O)O)O1. The number of ether oxygens (including phenoxy) is 1. The molecule has 0 aliphatic carbocycles. The summed E-state index contributed by atoms with van der Waals surface area (Å²) in [6.45, 7) is -0.278. The smallest absolute Gasteiger partial charge is 0.382 e. The van der Waals surface area contributed by atoms with Gasteiger partial charge < -0.3 is 10.5 Å². The van der Waals surface area contributed by atoms with E-state index in [9.17, 15) is 9.13 Å². The van der Waals surface area contributed by atoms with Crippen LogP contribution in [-0.2, 0) is 22.9 Å². The zero-order valence-electron chi connectivity index (χ0n) is 12.0. The molecular formula is C10H13N5O7P2+2. The molecule has 0 radical (unpaired) electrons. The zero-order chi connectivity index (χ0) is 17.3. The van der Waals surface area contributed by atoms with Crippen LogP contribution in [0.3, 0.4) is 0 Å². The number of hydrogen-bond acceptors (Lipinski definition) is 9. The van der Waals surface area contributed by atoms with Crippen molar-refractivity contribution in [1.29, 1.82) is 0 Å². The van der Waals surface area contributed by atoms with E-state index < -0.39 is 34.9 Å². The lowest BCUT2D eigenvalue weighted by molar-refractivity contribution is -0.0347. The van der Waals surface area contributed by atoms with E-state index >= 15 is 0 Å². The molecule has 24 heavy (non-hydrogen) atoms. The standard InChI is InChI=1S/C10H11N5O7P2/c11-9-8-10(13-3-12-9)15(4-14-8)7-1-5(22-24(18)19)6(21-7)2-20-23(16)17/h3-7H,1-2H2,(H2-2,11,12,13,16,17,18,19)/p+2/t5?,6-,7-/m1/s1. The number of rotatable bonds is 6. The monoisotopic (exact) mass is 377 g/mol. The van der Waals surface area contributed by atoms with E-state index in [2.05, 4.69) is 19.5 Å². The molecule has 2 aromatic rings. The number of imidazole rings is 1. The fraction of sp³-hybridized carbons (Fsp3) is 0.500. The molecule has 0 saturated carbocycles. The third-order valence-electron chi connectivity index (χ3n) is 3.45. The molecule has 3 unspecified atom stereocenters. The van der Waals surface area contributed by atoms with Crippen LogP contribution in [0.4, 0.5) is 5.82 Å². The summed E-state index contributed by atoms with van der Waals surface area (Å²) >= 11 is 0. The van der Waals surface area contributed by atoms with E-state index in [0.29, 0.717) is 11.2 Å². The first-order valence-electron chi connectivity index (χ1n) is 6.66. The van der Waals surface area contributed by atoms with E-state index in [1.165, 1.54) is 12.7 Å². The molecule has 4 N–H and O–H groups in total. The van der Waals surface area contributed by atoms with Crippen LogP contribution in [0.1, 0.15) is 12.6 Å². The summed E-state index contributed by atoms with van der Waals surface area (Å²) in [4.78, 5) is 29.7. The predicted octanol–water partition coefficient (Wildman–Crippen LogP) is 0.397. The first kappa shape index (κ1) is 17.2. The molecule has 5 atom stereocenters. The molecule has 1 fully saturated rings. The van der Waals surface area contributed by atoms with Gasteiger partial charge in [0.25, 0.3) is 0 Å². The molecule has 1 aliphatic heterocycles. The maximum absolute atomic E-state index is 11.0. The van der Waals surface area contributed by atoms with Gasteiger partial charge in [-0.2, -0.15) is 0 Å². The molecule has 1 saturated heterocycles. The van der Waals surface area contributed by atoms with Gasteiger partial charge in [0.2, 0.25) is 0 Å². The van der Waals surface area contributed by atoms with Crippen LogP contribution < -0.4 is 5.73 Å². The van der Waals surface area contributed by atoms with Gasteiger partial charge >= 0.3 is 16.5 Å². The van der Waals surface area contributed by atoms with Gasteiger partial charge in [0.1, 0.15) is 36.9 Å². The van der Waals surface area contributed by atoms with Gasteiger partial charge in [-0.15, -0.1) is 18.8 Å². The summed E-state index contributed by atoms with van der Waals surface area (Å²) in [7, 11) is -5.70. The second-order valence-electron chi connectivity index (χ2n) is 4.86. The lowest BCUT2D eigenvalue weighted by Crippen LogP contribution is -2.26. The van der Waals surface area contributed by atoms with E-state index in [-0.39, 0.29) is 18.8 Å². The third-order valence-corrected chi connectivity index (χ3v) is 4.27. The lowest BCUT2D eigenvalue weighted by Gasteiger charge is -2.13. The summed E-state index contributed by atoms with van der Waals surface area (Å²) in [6, 6.07) is 0. The summed E-state index contributed by atoms with van der Waals surface area (Å²) in [5.41, 5.74) is 6.54. The molecule has 12 nitrogen and oxygen atoms in total. The van der Waals surface area contributed by atoms with Crippen molar-refractivity contribution >= 4 is 33.5 Å². The highest BCUT2D eigenvalue weighted by Gasteiger charge is 2.44. The van der Waals surface area contributed by atoms with Crippen LogP contribution >= 0.6 is 16.5 Å². The number of aromatic nitrogens is 4. The van der Waals surface area contributed by atoms with E-state index in [0.717, 1.165) is 0 Å².